The molecule has 0 bridgehead atoms. The van der Waals surface area contributed by atoms with E-state index in [2.05, 4.69) is 0 Å². The minimum atomic E-state index is 0.0129. The Kier molecular flexibility index (Phi) is 4.05. The van der Waals surface area contributed by atoms with Crippen LogP contribution < -0.4 is 4.74 Å². The van der Waals surface area contributed by atoms with Crippen molar-refractivity contribution >= 4 is 11.8 Å². The second-order valence-electron chi connectivity index (χ2n) is 6.19. The lowest BCUT2D eigenvalue weighted by Crippen LogP contribution is -2.51. The first-order chi connectivity index (χ1) is 10.6. The van der Waals surface area contributed by atoms with Gasteiger partial charge in [-0.3, -0.25) is 9.59 Å². The molecule has 1 aromatic carbocycles. The van der Waals surface area contributed by atoms with Gasteiger partial charge < -0.3 is 14.5 Å². The maximum absolute atomic E-state index is 12.6. The van der Waals surface area contributed by atoms with Gasteiger partial charge in [0.1, 0.15) is 5.75 Å². The van der Waals surface area contributed by atoms with Gasteiger partial charge in [-0.25, -0.2) is 0 Å². The van der Waals surface area contributed by atoms with E-state index in [1.807, 2.05) is 41.8 Å². The van der Waals surface area contributed by atoms with Gasteiger partial charge >= 0.3 is 0 Å². The van der Waals surface area contributed by atoms with Gasteiger partial charge in [0.05, 0.1) is 6.61 Å². The summed E-state index contributed by atoms with van der Waals surface area (Å²) >= 11 is 0. The molecule has 22 heavy (non-hydrogen) atoms. The summed E-state index contributed by atoms with van der Waals surface area (Å²) in [5, 5.41) is 0. The maximum Gasteiger partial charge on any atom is 0.253 e. The van der Waals surface area contributed by atoms with Crippen molar-refractivity contribution in [2.45, 2.75) is 20.3 Å². The predicted octanol–water partition coefficient (Wildman–Crippen LogP) is 1.56. The van der Waals surface area contributed by atoms with Crippen LogP contribution in [-0.2, 0) is 11.2 Å². The summed E-state index contributed by atoms with van der Waals surface area (Å²) in [6.07, 6.45) is 0.868. The first-order valence-electron chi connectivity index (χ1n) is 7.90. The number of fused-ring (bicyclic) bond motifs is 1. The summed E-state index contributed by atoms with van der Waals surface area (Å²) in [5.41, 5.74) is 1.83. The summed E-state index contributed by atoms with van der Waals surface area (Å²) in [4.78, 5) is 28.3. The molecule has 1 saturated heterocycles. The second-order valence-corrected chi connectivity index (χ2v) is 6.19. The minimum absolute atomic E-state index is 0.0129. The zero-order valence-corrected chi connectivity index (χ0v) is 13.2. The molecule has 0 saturated carbocycles. The largest absolute Gasteiger partial charge is 0.493 e. The van der Waals surface area contributed by atoms with E-state index >= 15 is 0 Å². The predicted molar refractivity (Wildman–Crippen MR) is 83.0 cm³/mol. The molecule has 0 unspecified atom stereocenters. The van der Waals surface area contributed by atoms with E-state index in [9.17, 15) is 9.59 Å². The Morgan fingerprint density at radius 3 is 2.45 bits per heavy atom. The van der Waals surface area contributed by atoms with Crippen molar-refractivity contribution in [2.24, 2.45) is 5.92 Å². The molecule has 5 heteroatoms. The summed E-state index contributed by atoms with van der Waals surface area (Å²) in [5.74, 6) is 1.12. The van der Waals surface area contributed by atoms with Gasteiger partial charge in [-0.1, -0.05) is 13.8 Å². The van der Waals surface area contributed by atoms with Crippen molar-refractivity contribution in [1.29, 1.82) is 0 Å². The fourth-order valence-electron chi connectivity index (χ4n) is 3.00. The Hall–Kier alpha value is -2.04. The van der Waals surface area contributed by atoms with Gasteiger partial charge in [-0.05, 0) is 23.8 Å². The molecule has 2 aliphatic rings. The summed E-state index contributed by atoms with van der Waals surface area (Å²) in [6.45, 7) is 6.96. The number of benzene rings is 1. The SMILES string of the molecule is CC(C)C(=O)N1CCN(C(=O)c2ccc3c(c2)CCO3)CC1. The van der Waals surface area contributed by atoms with E-state index in [0.717, 1.165) is 17.7 Å². The van der Waals surface area contributed by atoms with Crippen molar-refractivity contribution in [2.75, 3.05) is 32.8 Å². The van der Waals surface area contributed by atoms with E-state index < -0.39 is 0 Å². The second kappa shape index (κ2) is 5.99. The van der Waals surface area contributed by atoms with Crippen LogP contribution >= 0.6 is 0 Å². The minimum Gasteiger partial charge on any atom is -0.493 e. The molecule has 0 atom stereocenters. The fourth-order valence-corrected chi connectivity index (χ4v) is 3.00. The highest BCUT2D eigenvalue weighted by Crippen LogP contribution is 2.26. The molecule has 2 aliphatic heterocycles. The van der Waals surface area contributed by atoms with Gasteiger partial charge in [-0.15, -0.1) is 0 Å². The van der Waals surface area contributed by atoms with E-state index in [1.54, 1.807) is 0 Å². The molecule has 0 spiro atoms. The smallest absolute Gasteiger partial charge is 0.253 e. The first kappa shape index (κ1) is 14.9. The average molecular weight is 302 g/mol. The van der Waals surface area contributed by atoms with E-state index in [4.69, 9.17) is 4.74 Å². The van der Waals surface area contributed by atoms with Crippen molar-refractivity contribution in [1.82, 2.24) is 9.80 Å². The molecule has 1 aromatic rings. The number of carbonyl (C=O) groups is 2. The van der Waals surface area contributed by atoms with Gasteiger partial charge in [0.25, 0.3) is 5.91 Å². The van der Waals surface area contributed by atoms with E-state index in [-0.39, 0.29) is 17.7 Å². The van der Waals surface area contributed by atoms with Crippen LogP contribution in [0.1, 0.15) is 29.8 Å². The quantitative estimate of drug-likeness (QED) is 0.833. The zero-order valence-electron chi connectivity index (χ0n) is 13.2. The molecule has 118 valence electrons. The van der Waals surface area contributed by atoms with Crippen LogP contribution in [-0.4, -0.2) is 54.4 Å². The Bertz CT molecular complexity index is 590. The zero-order chi connectivity index (χ0) is 15.7. The fraction of sp³-hybridized carbons (Fsp3) is 0.529. The average Bonchev–Trinajstić information content (AvgIpc) is 3.01. The van der Waals surface area contributed by atoms with Crippen molar-refractivity contribution in [3.05, 3.63) is 29.3 Å². The molecule has 0 radical (unpaired) electrons. The number of carbonyl (C=O) groups excluding carboxylic acids is 2. The molecular formula is C17H22N2O3. The Labute approximate surface area is 130 Å². The van der Waals surface area contributed by atoms with Crippen LogP contribution in [0.5, 0.6) is 5.75 Å². The maximum atomic E-state index is 12.6. The normalized spacial score (nSPS) is 17.4. The molecule has 5 nitrogen and oxygen atoms in total. The van der Waals surface area contributed by atoms with Gasteiger partial charge in [0, 0.05) is 44.1 Å². The highest BCUT2D eigenvalue weighted by atomic mass is 16.5. The van der Waals surface area contributed by atoms with E-state index in [0.29, 0.717) is 38.3 Å². The van der Waals surface area contributed by atoms with Crippen LogP contribution in [0.4, 0.5) is 0 Å². The molecule has 0 aliphatic carbocycles. The lowest BCUT2D eigenvalue weighted by molar-refractivity contribution is -0.135. The molecule has 1 fully saturated rings. The number of amides is 2. The van der Waals surface area contributed by atoms with Crippen LogP contribution in [0.15, 0.2) is 18.2 Å². The summed E-state index contributed by atoms with van der Waals surface area (Å²) in [7, 11) is 0. The number of hydrogen-bond acceptors (Lipinski definition) is 3. The van der Waals surface area contributed by atoms with Crippen LogP contribution in [0.3, 0.4) is 0 Å². The van der Waals surface area contributed by atoms with Crippen LogP contribution in [0, 0.1) is 5.92 Å². The topological polar surface area (TPSA) is 49.9 Å². The van der Waals surface area contributed by atoms with Crippen LogP contribution in [0.2, 0.25) is 0 Å². The third-order valence-corrected chi connectivity index (χ3v) is 4.31. The van der Waals surface area contributed by atoms with Crippen molar-refractivity contribution in [3.63, 3.8) is 0 Å². The van der Waals surface area contributed by atoms with Crippen molar-refractivity contribution in [3.8, 4) is 5.75 Å². The third kappa shape index (κ3) is 2.80. The third-order valence-electron chi connectivity index (χ3n) is 4.31. The van der Waals surface area contributed by atoms with Gasteiger partial charge in [0.15, 0.2) is 0 Å². The molecule has 3 rings (SSSR count). The lowest BCUT2D eigenvalue weighted by Gasteiger charge is -2.35. The number of nitrogens with zero attached hydrogens (tertiary/aromatic N) is 2. The highest BCUT2D eigenvalue weighted by Gasteiger charge is 2.26. The molecule has 2 amide bonds. The standard InChI is InChI=1S/C17H22N2O3/c1-12(2)16(20)18-6-8-19(9-7-18)17(21)14-3-4-15-13(11-14)5-10-22-15/h3-4,11-12H,5-10H2,1-2H3. The number of piperazine rings is 1. The number of hydrogen-bond donors (Lipinski definition) is 0. The molecular weight excluding hydrogens is 280 g/mol. The Morgan fingerprint density at radius 2 is 1.77 bits per heavy atom. The number of ether oxygens (including phenoxy) is 1. The first-order valence-corrected chi connectivity index (χ1v) is 7.90. The Morgan fingerprint density at radius 1 is 1.09 bits per heavy atom. The van der Waals surface area contributed by atoms with Gasteiger partial charge in [-0.2, -0.15) is 0 Å². The molecule has 0 N–H and O–H groups in total. The molecule has 0 aromatic heterocycles. The van der Waals surface area contributed by atoms with Crippen LogP contribution in [0.25, 0.3) is 0 Å². The monoisotopic (exact) mass is 302 g/mol. The number of rotatable bonds is 2. The highest BCUT2D eigenvalue weighted by molar-refractivity contribution is 5.95. The lowest BCUT2D eigenvalue weighted by atomic mass is 10.1. The van der Waals surface area contributed by atoms with Gasteiger partial charge in [0.2, 0.25) is 5.91 Å². The van der Waals surface area contributed by atoms with E-state index in [1.165, 1.54) is 0 Å². The van der Waals surface area contributed by atoms with Crippen molar-refractivity contribution < 1.29 is 14.3 Å². The molecule has 2 heterocycles. The summed E-state index contributed by atoms with van der Waals surface area (Å²) in [6, 6.07) is 5.66. The Balaban J connectivity index is 1.64. The summed E-state index contributed by atoms with van der Waals surface area (Å²) < 4.78 is 5.47.